The van der Waals surface area contributed by atoms with E-state index < -0.39 is 0 Å². The van der Waals surface area contributed by atoms with Crippen LogP contribution in [0.1, 0.15) is 64.5 Å². The topological polar surface area (TPSA) is 20.2 Å². The Morgan fingerprint density at radius 2 is 1.73 bits per heavy atom. The van der Waals surface area contributed by atoms with Crippen molar-refractivity contribution >= 4 is 6.08 Å². The van der Waals surface area contributed by atoms with Crippen LogP contribution in [0.2, 0.25) is 0 Å². The van der Waals surface area contributed by atoms with Gasteiger partial charge in [-0.15, -0.1) is 0 Å². The fourth-order valence-electron chi connectivity index (χ4n) is 2.70. The molecule has 1 nitrogen and oxygen atoms in total. The summed E-state index contributed by atoms with van der Waals surface area (Å²) in [6.07, 6.45) is 11.4. The van der Waals surface area contributed by atoms with E-state index in [1.54, 1.807) is 12.1 Å². The molecule has 22 heavy (non-hydrogen) atoms. The zero-order valence-corrected chi connectivity index (χ0v) is 15.1. The molecule has 0 spiro atoms. The van der Waals surface area contributed by atoms with Gasteiger partial charge in [-0.05, 0) is 48.4 Å². The quantitative estimate of drug-likeness (QED) is 0.598. The van der Waals surface area contributed by atoms with Gasteiger partial charge in [0, 0.05) is 0 Å². The lowest BCUT2D eigenvalue weighted by atomic mass is 9.84. The van der Waals surface area contributed by atoms with Crippen LogP contribution in [0.15, 0.2) is 36.9 Å². The van der Waals surface area contributed by atoms with E-state index in [2.05, 4.69) is 20.4 Å². The zero-order valence-electron chi connectivity index (χ0n) is 15.1. The van der Waals surface area contributed by atoms with Crippen LogP contribution in [0.5, 0.6) is 5.75 Å². The SMILES string of the molecule is C=C/C=C/c1ccc(O)c(C)c1.CC.CC1CCCC(C)C1. The van der Waals surface area contributed by atoms with E-state index in [0.717, 1.165) is 23.0 Å². The summed E-state index contributed by atoms with van der Waals surface area (Å²) in [5.41, 5.74) is 1.96. The maximum absolute atomic E-state index is 9.22. The van der Waals surface area contributed by atoms with E-state index in [1.807, 2.05) is 45.1 Å². The Hall–Kier alpha value is -1.50. The Morgan fingerprint density at radius 1 is 1.14 bits per heavy atom. The number of rotatable bonds is 2. The number of phenolic OH excluding ortho intramolecular Hbond substituents is 1. The molecule has 1 aromatic rings. The van der Waals surface area contributed by atoms with Crippen LogP contribution >= 0.6 is 0 Å². The van der Waals surface area contributed by atoms with E-state index >= 15 is 0 Å². The second kappa shape index (κ2) is 12.1. The molecule has 0 amide bonds. The van der Waals surface area contributed by atoms with Crippen LogP contribution in [-0.4, -0.2) is 5.11 Å². The highest BCUT2D eigenvalue weighted by Crippen LogP contribution is 2.27. The van der Waals surface area contributed by atoms with Crippen molar-refractivity contribution in [1.29, 1.82) is 0 Å². The minimum absolute atomic E-state index is 0.339. The molecule has 124 valence electrons. The zero-order chi connectivity index (χ0) is 17.0. The Kier molecular flexibility index (Phi) is 11.3. The number of hydrogen-bond donors (Lipinski definition) is 1. The molecule has 1 saturated carbocycles. The number of aromatic hydroxyl groups is 1. The summed E-state index contributed by atoms with van der Waals surface area (Å²) >= 11 is 0. The lowest BCUT2D eigenvalue weighted by molar-refractivity contribution is 0.301. The van der Waals surface area contributed by atoms with Crippen LogP contribution in [-0.2, 0) is 0 Å². The van der Waals surface area contributed by atoms with Crippen LogP contribution in [0.25, 0.3) is 6.08 Å². The Labute approximate surface area is 137 Å². The highest BCUT2D eigenvalue weighted by molar-refractivity contribution is 5.54. The third kappa shape index (κ3) is 8.71. The summed E-state index contributed by atoms with van der Waals surface area (Å²) in [6, 6.07) is 5.48. The molecule has 2 unspecified atom stereocenters. The van der Waals surface area contributed by atoms with Gasteiger partial charge in [0.1, 0.15) is 5.75 Å². The van der Waals surface area contributed by atoms with E-state index in [0.29, 0.717) is 5.75 Å². The van der Waals surface area contributed by atoms with Gasteiger partial charge in [-0.25, -0.2) is 0 Å². The van der Waals surface area contributed by atoms with E-state index in [4.69, 9.17) is 0 Å². The summed E-state index contributed by atoms with van der Waals surface area (Å²) in [5, 5.41) is 9.22. The first-order valence-electron chi connectivity index (χ1n) is 8.61. The van der Waals surface area contributed by atoms with Crippen molar-refractivity contribution in [1.82, 2.24) is 0 Å². The molecular weight excluding hydrogens is 268 g/mol. The summed E-state index contributed by atoms with van der Waals surface area (Å²) in [4.78, 5) is 0. The summed E-state index contributed by atoms with van der Waals surface area (Å²) in [5.74, 6) is 2.36. The summed E-state index contributed by atoms with van der Waals surface area (Å²) < 4.78 is 0. The third-order valence-electron chi connectivity index (χ3n) is 3.84. The maximum Gasteiger partial charge on any atom is 0.118 e. The predicted octanol–water partition coefficient (Wildman–Crippen LogP) is 6.76. The first-order valence-corrected chi connectivity index (χ1v) is 8.61. The third-order valence-corrected chi connectivity index (χ3v) is 3.84. The number of phenols is 1. The van der Waals surface area contributed by atoms with Gasteiger partial charge >= 0.3 is 0 Å². The summed E-state index contributed by atoms with van der Waals surface area (Å²) in [6.45, 7) is 14.2. The van der Waals surface area contributed by atoms with Crippen molar-refractivity contribution in [2.24, 2.45) is 11.8 Å². The predicted molar refractivity (Wildman–Crippen MR) is 100 cm³/mol. The number of aryl methyl sites for hydroxylation is 1. The van der Waals surface area contributed by atoms with Crippen LogP contribution in [0.3, 0.4) is 0 Å². The van der Waals surface area contributed by atoms with Crippen molar-refractivity contribution in [3.8, 4) is 5.75 Å². The molecule has 1 aliphatic rings. The van der Waals surface area contributed by atoms with Gasteiger partial charge in [0.2, 0.25) is 0 Å². The van der Waals surface area contributed by atoms with Gasteiger partial charge in [0.05, 0.1) is 0 Å². The molecule has 2 atom stereocenters. The lowest BCUT2D eigenvalue weighted by Gasteiger charge is -2.22. The van der Waals surface area contributed by atoms with Gasteiger partial charge in [-0.3, -0.25) is 0 Å². The molecule has 0 heterocycles. The molecule has 1 aliphatic carbocycles. The van der Waals surface area contributed by atoms with E-state index in [-0.39, 0.29) is 0 Å². The minimum Gasteiger partial charge on any atom is -0.508 e. The van der Waals surface area contributed by atoms with Crippen molar-refractivity contribution in [3.05, 3.63) is 48.1 Å². The smallest absolute Gasteiger partial charge is 0.118 e. The van der Waals surface area contributed by atoms with Crippen molar-refractivity contribution < 1.29 is 5.11 Å². The fourth-order valence-corrected chi connectivity index (χ4v) is 2.70. The van der Waals surface area contributed by atoms with Gasteiger partial charge in [0.15, 0.2) is 0 Å². The molecule has 1 N–H and O–H groups in total. The van der Waals surface area contributed by atoms with Gasteiger partial charge < -0.3 is 5.11 Å². The highest BCUT2D eigenvalue weighted by Gasteiger charge is 2.13. The number of benzene rings is 1. The van der Waals surface area contributed by atoms with Gasteiger partial charge in [-0.2, -0.15) is 0 Å². The summed E-state index contributed by atoms with van der Waals surface area (Å²) in [7, 11) is 0. The number of allylic oxidation sites excluding steroid dienone is 2. The molecule has 0 aromatic heterocycles. The molecule has 0 saturated heterocycles. The molecule has 0 aliphatic heterocycles. The van der Waals surface area contributed by atoms with Gasteiger partial charge in [0.25, 0.3) is 0 Å². The molecule has 2 rings (SSSR count). The molecule has 1 fully saturated rings. The minimum atomic E-state index is 0.339. The first-order chi connectivity index (χ1) is 10.5. The largest absolute Gasteiger partial charge is 0.508 e. The fraction of sp³-hybridized carbons (Fsp3) is 0.524. The second-order valence-corrected chi connectivity index (χ2v) is 6.02. The lowest BCUT2D eigenvalue weighted by Crippen LogP contribution is -2.09. The molecular formula is C21H34O. The average Bonchev–Trinajstić information content (AvgIpc) is 2.51. The Balaban J connectivity index is 0.000000382. The van der Waals surface area contributed by atoms with Gasteiger partial charge in [-0.1, -0.05) is 77.8 Å². The standard InChI is InChI=1S/C11H12O.C8H16.C2H6/c1-3-4-5-10-6-7-11(12)9(2)8-10;1-7-4-3-5-8(2)6-7;1-2/h3-8,12H,1H2,2H3;7-8H,3-6H2,1-2H3;1-2H3/b5-4+;;. The second-order valence-electron chi connectivity index (χ2n) is 6.02. The molecule has 0 radical (unpaired) electrons. The normalized spacial score (nSPS) is 20.4. The van der Waals surface area contributed by atoms with Crippen LogP contribution in [0.4, 0.5) is 0 Å². The van der Waals surface area contributed by atoms with Crippen molar-refractivity contribution in [2.75, 3.05) is 0 Å². The monoisotopic (exact) mass is 302 g/mol. The van der Waals surface area contributed by atoms with Crippen LogP contribution < -0.4 is 0 Å². The maximum atomic E-state index is 9.22. The first kappa shape index (κ1) is 20.5. The highest BCUT2D eigenvalue weighted by atomic mass is 16.3. The van der Waals surface area contributed by atoms with Crippen LogP contribution in [0, 0.1) is 18.8 Å². The van der Waals surface area contributed by atoms with E-state index in [1.165, 1.54) is 25.7 Å². The van der Waals surface area contributed by atoms with Crippen molar-refractivity contribution in [3.63, 3.8) is 0 Å². The van der Waals surface area contributed by atoms with Crippen molar-refractivity contribution in [2.45, 2.75) is 60.3 Å². The Bertz CT molecular complexity index is 437. The number of hydrogen-bond acceptors (Lipinski definition) is 1. The molecule has 1 heteroatoms. The Morgan fingerprint density at radius 3 is 2.14 bits per heavy atom. The average molecular weight is 303 g/mol. The molecule has 1 aromatic carbocycles. The van der Waals surface area contributed by atoms with E-state index in [9.17, 15) is 5.11 Å². The molecule has 0 bridgehead atoms.